The van der Waals surface area contributed by atoms with E-state index in [-0.39, 0.29) is 23.2 Å². The molecule has 1 aliphatic heterocycles. The number of para-hydroxylation sites is 1. The van der Waals surface area contributed by atoms with Gasteiger partial charge in [-0.1, -0.05) is 29.8 Å². The summed E-state index contributed by atoms with van der Waals surface area (Å²) in [5, 5.41) is 22.2. The lowest BCUT2D eigenvalue weighted by molar-refractivity contribution is -0.0299. The van der Waals surface area contributed by atoms with Crippen LogP contribution in [-0.2, 0) is 6.54 Å². The van der Waals surface area contributed by atoms with Gasteiger partial charge in [-0.2, -0.15) is 10.2 Å². The zero-order valence-corrected chi connectivity index (χ0v) is 17.7. The van der Waals surface area contributed by atoms with E-state index in [2.05, 4.69) is 20.3 Å². The molecular formula is C21H20ClN7O3. The van der Waals surface area contributed by atoms with Gasteiger partial charge < -0.3 is 10.0 Å². The van der Waals surface area contributed by atoms with Crippen LogP contribution in [0.1, 0.15) is 23.2 Å². The maximum absolute atomic E-state index is 13.0. The first-order chi connectivity index (χ1) is 15.5. The number of aliphatic hydroxyl groups is 1. The van der Waals surface area contributed by atoms with Gasteiger partial charge in [0.2, 0.25) is 0 Å². The zero-order chi connectivity index (χ0) is 22.3. The minimum absolute atomic E-state index is 0.0831. The second-order valence-electron chi connectivity index (χ2n) is 7.91. The number of amides is 1. The molecule has 1 amide bonds. The predicted octanol–water partition coefficient (Wildman–Crippen LogP) is 1.63. The molecule has 0 spiro atoms. The fourth-order valence-electron chi connectivity index (χ4n) is 4.01. The average Bonchev–Trinajstić information content (AvgIpc) is 3.43. The van der Waals surface area contributed by atoms with E-state index in [1.165, 1.54) is 23.3 Å². The first-order valence-electron chi connectivity index (χ1n) is 10.1. The first kappa shape index (κ1) is 20.4. The number of carbonyl (C=O) groups excluding carboxylic acids is 1. The summed E-state index contributed by atoms with van der Waals surface area (Å²) in [7, 11) is 0. The van der Waals surface area contributed by atoms with E-state index in [1.54, 1.807) is 9.58 Å². The Morgan fingerprint density at radius 2 is 1.97 bits per heavy atom. The standard InChI is InChI=1S/C21H20ClN7O3/c22-17-15(10-24-26-17)19(30)27-8-6-21(32,7-9-27)12-28-13-23-18-16(20(28)31)11-25-29(18)14-4-2-1-3-5-14/h1-5,10-11,13,32H,6-9,12H2,(H,24,26). The predicted molar refractivity (Wildman–Crippen MR) is 117 cm³/mol. The molecule has 0 radical (unpaired) electrons. The Morgan fingerprint density at radius 1 is 1.22 bits per heavy atom. The second-order valence-corrected chi connectivity index (χ2v) is 8.27. The van der Waals surface area contributed by atoms with Crippen LogP contribution < -0.4 is 5.56 Å². The largest absolute Gasteiger partial charge is 0.388 e. The fourth-order valence-corrected chi connectivity index (χ4v) is 4.20. The molecular weight excluding hydrogens is 434 g/mol. The van der Waals surface area contributed by atoms with Gasteiger partial charge in [-0.05, 0) is 25.0 Å². The number of H-pyrrole nitrogens is 1. The Morgan fingerprint density at radius 3 is 2.66 bits per heavy atom. The molecule has 1 fully saturated rings. The number of likely N-dealkylation sites (tertiary alicyclic amines) is 1. The van der Waals surface area contributed by atoms with E-state index >= 15 is 0 Å². The van der Waals surface area contributed by atoms with Gasteiger partial charge in [-0.15, -0.1) is 0 Å². The molecule has 4 aromatic rings. The molecule has 11 heteroatoms. The van der Waals surface area contributed by atoms with Crippen molar-refractivity contribution in [3.63, 3.8) is 0 Å². The molecule has 1 aromatic carbocycles. The number of rotatable bonds is 4. The highest BCUT2D eigenvalue weighted by Crippen LogP contribution is 2.26. The molecule has 164 valence electrons. The van der Waals surface area contributed by atoms with Gasteiger partial charge in [0, 0.05) is 19.3 Å². The van der Waals surface area contributed by atoms with Gasteiger partial charge in [0.05, 0.1) is 29.6 Å². The summed E-state index contributed by atoms with van der Waals surface area (Å²) in [5.41, 5.74) is 0.168. The minimum Gasteiger partial charge on any atom is -0.388 e. The summed E-state index contributed by atoms with van der Waals surface area (Å²) < 4.78 is 3.02. The van der Waals surface area contributed by atoms with Crippen LogP contribution >= 0.6 is 11.6 Å². The van der Waals surface area contributed by atoms with Gasteiger partial charge >= 0.3 is 0 Å². The summed E-state index contributed by atoms with van der Waals surface area (Å²) >= 11 is 5.93. The third-order valence-electron chi connectivity index (χ3n) is 5.83. The van der Waals surface area contributed by atoms with E-state index in [0.29, 0.717) is 42.5 Å². The van der Waals surface area contributed by atoms with Crippen molar-refractivity contribution in [1.82, 2.24) is 34.4 Å². The van der Waals surface area contributed by atoms with Crippen molar-refractivity contribution in [2.24, 2.45) is 0 Å². The van der Waals surface area contributed by atoms with Crippen molar-refractivity contribution in [2.45, 2.75) is 25.0 Å². The number of nitrogens with zero attached hydrogens (tertiary/aromatic N) is 6. The molecule has 0 saturated carbocycles. The van der Waals surface area contributed by atoms with E-state index in [0.717, 1.165) is 5.69 Å². The quantitative estimate of drug-likeness (QED) is 0.484. The Balaban J connectivity index is 1.34. The molecule has 0 atom stereocenters. The van der Waals surface area contributed by atoms with Crippen molar-refractivity contribution >= 4 is 28.5 Å². The van der Waals surface area contributed by atoms with Crippen LogP contribution in [0.15, 0.2) is 53.8 Å². The molecule has 10 nitrogen and oxygen atoms in total. The number of carbonyl (C=O) groups is 1. The van der Waals surface area contributed by atoms with Crippen LogP contribution in [0.3, 0.4) is 0 Å². The summed E-state index contributed by atoms with van der Waals surface area (Å²) in [6, 6.07) is 9.44. The molecule has 3 aromatic heterocycles. The topological polar surface area (TPSA) is 122 Å². The van der Waals surface area contributed by atoms with E-state index in [1.807, 2.05) is 30.3 Å². The molecule has 2 N–H and O–H groups in total. The maximum Gasteiger partial charge on any atom is 0.264 e. The van der Waals surface area contributed by atoms with Gasteiger partial charge in [0.25, 0.3) is 11.5 Å². The SMILES string of the molecule is O=C(c1c[nH]nc1Cl)N1CCC(O)(Cn2cnc3c(cnn3-c3ccccc3)c2=O)CC1. The number of halogens is 1. The zero-order valence-electron chi connectivity index (χ0n) is 17.0. The summed E-state index contributed by atoms with van der Waals surface area (Å²) in [6.45, 7) is 0.764. The Labute approximate surface area is 187 Å². The number of hydrogen-bond donors (Lipinski definition) is 2. The Bertz CT molecular complexity index is 1340. The van der Waals surface area contributed by atoms with Crippen LogP contribution in [0.4, 0.5) is 0 Å². The summed E-state index contributed by atoms with van der Waals surface area (Å²) in [6.07, 6.45) is 5.03. The summed E-state index contributed by atoms with van der Waals surface area (Å²) in [5.74, 6) is -0.237. The number of aromatic nitrogens is 6. The van der Waals surface area contributed by atoms with Crippen LogP contribution in [0.5, 0.6) is 0 Å². The molecule has 0 aliphatic carbocycles. The lowest BCUT2D eigenvalue weighted by Gasteiger charge is -2.38. The molecule has 4 heterocycles. The van der Waals surface area contributed by atoms with Crippen molar-refractivity contribution in [3.05, 3.63) is 70.1 Å². The van der Waals surface area contributed by atoms with Crippen molar-refractivity contribution in [3.8, 4) is 5.69 Å². The number of aromatic amines is 1. The number of fused-ring (bicyclic) bond motifs is 1. The van der Waals surface area contributed by atoms with E-state index in [4.69, 9.17) is 11.6 Å². The first-order valence-corrected chi connectivity index (χ1v) is 10.5. The lowest BCUT2D eigenvalue weighted by atomic mass is 9.91. The maximum atomic E-state index is 13.0. The van der Waals surface area contributed by atoms with Crippen LogP contribution in [0.25, 0.3) is 16.7 Å². The molecule has 1 saturated heterocycles. The van der Waals surface area contributed by atoms with Gasteiger partial charge in [0.15, 0.2) is 10.8 Å². The highest BCUT2D eigenvalue weighted by Gasteiger charge is 2.35. The lowest BCUT2D eigenvalue weighted by Crippen LogP contribution is -2.49. The Kier molecular flexibility index (Phi) is 5.03. The van der Waals surface area contributed by atoms with Gasteiger partial charge in [0.1, 0.15) is 11.7 Å². The van der Waals surface area contributed by atoms with Crippen LogP contribution in [-0.4, -0.2) is 64.1 Å². The third kappa shape index (κ3) is 3.57. The van der Waals surface area contributed by atoms with Crippen molar-refractivity contribution < 1.29 is 9.90 Å². The number of nitrogens with one attached hydrogen (secondary N) is 1. The second kappa shape index (κ2) is 7.88. The van der Waals surface area contributed by atoms with E-state index in [9.17, 15) is 14.7 Å². The highest BCUT2D eigenvalue weighted by atomic mass is 35.5. The van der Waals surface area contributed by atoms with Gasteiger partial charge in [-0.25, -0.2) is 9.67 Å². The Hall–Kier alpha value is -3.50. The smallest absolute Gasteiger partial charge is 0.264 e. The van der Waals surface area contributed by atoms with E-state index < -0.39 is 5.60 Å². The van der Waals surface area contributed by atoms with Gasteiger partial charge in [-0.3, -0.25) is 19.3 Å². The number of piperidine rings is 1. The highest BCUT2D eigenvalue weighted by molar-refractivity contribution is 6.32. The van der Waals surface area contributed by atoms with Crippen molar-refractivity contribution in [1.29, 1.82) is 0 Å². The molecule has 1 aliphatic rings. The van der Waals surface area contributed by atoms with Crippen LogP contribution in [0.2, 0.25) is 5.15 Å². The fraction of sp³-hybridized carbons (Fsp3) is 0.286. The number of hydrogen-bond acceptors (Lipinski definition) is 6. The molecule has 0 unspecified atom stereocenters. The average molecular weight is 454 g/mol. The molecule has 5 rings (SSSR count). The summed E-state index contributed by atoms with van der Waals surface area (Å²) in [4.78, 5) is 31.7. The minimum atomic E-state index is -1.13. The monoisotopic (exact) mass is 453 g/mol. The van der Waals surface area contributed by atoms with Crippen molar-refractivity contribution in [2.75, 3.05) is 13.1 Å². The van der Waals surface area contributed by atoms with Crippen LogP contribution in [0, 0.1) is 0 Å². The number of benzene rings is 1. The normalized spacial score (nSPS) is 15.9. The molecule has 32 heavy (non-hydrogen) atoms. The molecule has 0 bridgehead atoms. The third-order valence-corrected chi connectivity index (χ3v) is 6.11.